The molecule has 2 N–H and O–H groups in total. The first-order valence-electron chi connectivity index (χ1n) is 8.71. The molecule has 0 bridgehead atoms. The number of aromatic nitrogens is 2. The highest BCUT2D eigenvalue weighted by Gasteiger charge is 2.24. The number of H-pyrrole nitrogens is 1. The van der Waals surface area contributed by atoms with Crippen molar-refractivity contribution in [3.05, 3.63) is 71.2 Å². The highest BCUT2D eigenvalue weighted by molar-refractivity contribution is 9.10. The van der Waals surface area contributed by atoms with Crippen LogP contribution in [0.15, 0.2) is 81.0 Å². The molecular weight excluding hydrogens is 490 g/mol. The van der Waals surface area contributed by atoms with Gasteiger partial charge in [-0.05, 0) is 42.5 Å². The van der Waals surface area contributed by atoms with Gasteiger partial charge >= 0.3 is 0 Å². The van der Waals surface area contributed by atoms with Crippen molar-refractivity contribution in [1.82, 2.24) is 10.2 Å². The molecule has 0 spiro atoms. The average Bonchev–Trinajstić information content (AvgIpc) is 3.10. The van der Waals surface area contributed by atoms with E-state index in [9.17, 15) is 16.8 Å². The van der Waals surface area contributed by atoms with E-state index in [1.165, 1.54) is 24.3 Å². The summed E-state index contributed by atoms with van der Waals surface area (Å²) in [6, 6.07) is 18.1. The predicted molar refractivity (Wildman–Crippen MR) is 120 cm³/mol. The Morgan fingerprint density at radius 2 is 1.63 bits per heavy atom. The zero-order chi connectivity index (χ0) is 21.5. The Balaban J connectivity index is 1.78. The number of nitrogens with one attached hydrogen (secondary N) is 2. The highest BCUT2D eigenvalue weighted by atomic mass is 79.9. The Morgan fingerprint density at radius 3 is 2.33 bits per heavy atom. The third-order valence-electron chi connectivity index (χ3n) is 4.45. The van der Waals surface area contributed by atoms with Crippen LogP contribution in [0.1, 0.15) is 0 Å². The minimum atomic E-state index is -4.13. The second-order valence-electron chi connectivity index (χ2n) is 6.67. The van der Waals surface area contributed by atoms with Crippen molar-refractivity contribution in [3.63, 3.8) is 0 Å². The van der Waals surface area contributed by atoms with Crippen molar-refractivity contribution in [1.29, 1.82) is 0 Å². The second kappa shape index (κ2) is 7.53. The van der Waals surface area contributed by atoms with Crippen LogP contribution in [0.25, 0.3) is 22.2 Å². The van der Waals surface area contributed by atoms with Crippen LogP contribution < -0.4 is 4.72 Å². The number of sulfonamides is 1. The van der Waals surface area contributed by atoms with Crippen molar-refractivity contribution in [3.8, 4) is 11.3 Å². The molecule has 0 unspecified atom stereocenters. The summed E-state index contributed by atoms with van der Waals surface area (Å²) in [6.07, 6.45) is 0.975. The largest absolute Gasteiger partial charge is 0.280 e. The molecule has 154 valence electrons. The standard InChI is InChI=1S/C20H16BrN3O4S2/c1-29(25,26)18-7-2-3-8-19(18)30(27,28)24-15-9-10-17-16(12-15)20(23-22-17)13-5-4-6-14(21)11-13/h2-12,24H,1H3,(H,22,23). The lowest BCUT2D eigenvalue weighted by Gasteiger charge is -2.11. The maximum absolute atomic E-state index is 12.9. The van der Waals surface area contributed by atoms with Crippen LogP contribution >= 0.6 is 15.9 Å². The molecule has 0 aliphatic carbocycles. The molecule has 1 aromatic heterocycles. The molecule has 30 heavy (non-hydrogen) atoms. The third-order valence-corrected chi connectivity index (χ3v) is 7.67. The summed E-state index contributed by atoms with van der Waals surface area (Å²) in [5, 5.41) is 8.01. The van der Waals surface area contributed by atoms with Crippen LogP contribution in [0.5, 0.6) is 0 Å². The lowest BCUT2D eigenvalue weighted by molar-refractivity contribution is 0.588. The van der Waals surface area contributed by atoms with Gasteiger partial charge in [0.25, 0.3) is 10.0 Å². The van der Waals surface area contributed by atoms with Gasteiger partial charge in [-0.15, -0.1) is 0 Å². The average molecular weight is 506 g/mol. The fourth-order valence-electron chi connectivity index (χ4n) is 3.12. The summed E-state index contributed by atoms with van der Waals surface area (Å²) in [6.45, 7) is 0. The molecule has 0 atom stereocenters. The second-order valence-corrected chi connectivity index (χ2v) is 11.2. The van der Waals surface area contributed by atoms with Crippen LogP contribution in [-0.4, -0.2) is 33.3 Å². The minimum absolute atomic E-state index is 0.253. The molecule has 0 aliphatic rings. The van der Waals surface area contributed by atoms with E-state index < -0.39 is 19.9 Å². The van der Waals surface area contributed by atoms with Gasteiger partial charge in [0.15, 0.2) is 9.84 Å². The monoisotopic (exact) mass is 505 g/mol. The fourth-order valence-corrected chi connectivity index (χ4v) is 6.20. The SMILES string of the molecule is CS(=O)(=O)c1ccccc1S(=O)(=O)Nc1ccc2[nH]nc(-c3cccc(Br)c3)c2c1. The molecule has 0 saturated carbocycles. The Morgan fingerprint density at radius 1 is 0.900 bits per heavy atom. The molecule has 4 rings (SSSR count). The Kier molecular flexibility index (Phi) is 5.16. The first kappa shape index (κ1) is 20.6. The normalized spacial score (nSPS) is 12.2. The molecule has 0 saturated heterocycles. The summed E-state index contributed by atoms with van der Waals surface area (Å²) >= 11 is 3.44. The zero-order valence-electron chi connectivity index (χ0n) is 15.6. The Hall–Kier alpha value is -2.69. The molecule has 7 nitrogen and oxygen atoms in total. The summed E-state index contributed by atoms with van der Waals surface area (Å²) in [5.74, 6) is 0. The van der Waals surface area contributed by atoms with Gasteiger partial charge < -0.3 is 0 Å². The van der Waals surface area contributed by atoms with E-state index in [0.717, 1.165) is 27.2 Å². The van der Waals surface area contributed by atoms with Gasteiger partial charge in [-0.25, -0.2) is 16.8 Å². The van der Waals surface area contributed by atoms with Crippen molar-refractivity contribution in [2.75, 3.05) is 11.0 Å². The van der Waals surface area contributed by atoms with Crippen LogP contribution in [0.4, 0.5) is 5.69 Å². The lowest BCUT2D eigenvalue weighted by Crippen LogP contribution is -2.16. The summed E-state index contributed by atoms with van der Waals surface area (Å²) in [4.78, 5) is -0.552. The summed E-state index contributed by atoms with van der Waals surface area (Å²) < 4.78 is 53.3. The third kappa shape index (κ3) is 3.98. The molecule has 0 amide bonds. The number of aromatic amines is 1. The number of hydrogen-bond acceptors (Lipinski definition) is 5. The van der Waals surface area contributed by atoms with Gasteiger partial charge in [0.05, 0.1) is 10.4 Å². The first-order valence-corrected chi connectivity index (χ1v) is 12.9. The maximum Gasteiger partial charge on any atom is 0.263 e. The van der Waals surface area contributed by atoms with Gasteiger partial charge in [0.2, 0.25) is 0 Å². The van der Waals surface area contributed by atoms with E-state index in [0.29, 0.717) is 11.4 Å². The van der Waals surface area contributed by atoms with E-state index in [4.69, 9.17) is 0 Å². The van der Waals surface area contributed by atoms with Crippen molar-refractivity contribution in [2.24, 2.45) is 0 Å². The number of benzene rings is 3. The van der Waals surface area contributed by atoms with Crippen LogP contribution in [0, 0.1) is 0 Å². The molecule has 4 aromatic rings. The Labute approximate surface area is 182 Å². The van der Waals surface area contributed by atoms with Crippen molar-refractivity contribution in [2.45, 2.75) is 9.79 Å². The number of nitrogens with zero attached hydrogens (tertiary/aromatic N) is 1. The number of fused-ring (bicyclic) bond motifs is 1. The first-order chi connectivity index (χ1) is 14.1. The fraction of sp³-hybridized carbons (Fsp3) is 0.0500. The van der Waals surface area contributed by atoms with Crippen molar-refractivity contribution >= 4 is 52.4 Å². The maximum atomic E-state index is 12.9. The Bertz CT molecular complexity index is 1480. The van der Waals surface area contributed by atoms with Crippen LogP contribution in [0.3, 0.4) is 0 Å². The predicted octanol–water partition coefficient (Wildman–Crippen LogP) is 4.20. The summed E-state index contributed by atoms with van der Waals surface area (Å²) in [5.41, 5.74) is 2.56. The van der Waals surface area contributed by atoms with E-state index in [-0.39, 0.29) is 9.79 Å². The van der Waals surface area contributed by atoms with E-state index in [1.807, 2.05) is 24.3 Å². The summed E-state index contributed by atoms with van der Waals surface area (Å²) in [7, 11) is -7.85. The van der Waals surface area contributed by atoms with E-state index in [2.05, 4.69) is 30.8 Å². The smallest absolute Gasteiger partial charge is 0.263 e. The topological polar surface area (TPSA) is 109 Å². The van der Waals surface area contributed by atoms with Crippen LogP contribution in [0.2, 0.25) is 0 Å². The number of halogens is 1. The van der Waals surface area contributed by atoms with Crippen molar-refractivity contribution < 1.29 is 16.8 Å². The molecule has 0 radical (unpaired) electrons. The van der Waals surface area contributed by atoms with Gasteiger partial charge in [-0.3, -0.25) is 9.82 Å². The number of anilines is 1. The van der Waals surface area contributed by atoms with Crippen LogP contribution in [-0.2, 0) is 19.9 Å². The van der Waals surface area contributed by atoms with E-state index in [1.54, 1.807) is 18.2 Å². The van der Waals surface area contributed by atoms with Gasteiger partial charge in [0, 0.05) is 27.4 Å². The molecule has 0 fully saturated rings. The van der Waals surface area contributed by atoms with Gasteiger partial charge in [-0.2, -0.15) is 5.10 Å². The minimum Gasteiger partial charge on any atom is -0.280 e. The number of rotatable bonds is 5. The molecule has 10 heteroatoms. The number of sulfone groups is 1. The number of hydrogen-bond donors (Lipinski definition) is 2. The van der Waals surface area contributed by atoms with Gasteiger partial charge in [0.1, 0.15) is 10.6 Å². The zero-order valence-corrected chi connectivity index (χ0v) is 18.8. The van der Waals surface area contributed by atoms with E-state index >= 15 is 0 Å². The molecule has 1 heterocycles. The molecule has 0 aliphatic heterocycles. The lowest BCUT2D eigenvalue weighted by atomic mass is 10.1. The molecular formula is C20H16BrN3O4S2. The molecule has 3 aromatic carbocycles. The quantitative estimate of drug-likeness (QED) is 0.422. The highest BCUT2D eigenvalue weighted by Crippen LogP contribution is 2.31. The van der Waals surface area contributed by atoms with Gasteiger partial charge in [-0.1, -0.05) is 40.2 Å².